The molecule has 2 aromatic heterocycles. The number of fused-ring (bicyclic) bond motifs is 1. The van der Waals surface area contributed by atoms with Crippen molar-refractivity contribution < 1.29 is 9.21 Å². The Hall–Kier alpha value is -2.63. The molecule has 0 aliphatic heterocycles. The Labute approximate surface area is 108 Å². The minimum Gasteiger partial charge on any atom is -0.451 e. The van der Waals surface area contributed by atoms with Gasteiger partial charge in [0.05, 0.1) is 0 Å². The third-order valence-corrected chi connectivity index (χ3v) is 2.72. The van der Waals surface area contributed by atoms with Gasteiger partial charge >= 0.3 is 0 Å². The van der Waals surface area contributed by atoms with Gasteiger partial charge in [0.15, 0.2) is 5.76 Å². The van der Waals surface area contributed by atoms with Crippen molar-refractivity contribution in [1.82, 2.24) is 15.2 Å². The van der Waals surface area contributed by atoms with Crippen LogP contribution in [0.25, 0.3) is 11.0 Å². The number of aromatic amines is 1. The maximum Gasteiger partial charge on any atom is 0.293 e. The smallest absolute Gasteiger partial charge is 0.293 e. The molecule has 2 heterocycles. The maximum absolute atomic E-state index is 12.0. The van der Waals surface area contributed by atoms with E-state index >= 15 is 0 Å². The number of nitrogens with one attached hydrogen (secondary N) is 2. The number of hydrogen-bond donors (Lipinski definition) is 2. The molecule has 0 aliphatic carbocycles. The van der Waals surface area contributed by atoms with Crippen LogP contribution in [-0.2, 0) is 0 Å². The Balaban J connectivity index is 1.89. The number of carbonyl (C=O) groups is 1. The zero-order chi connectivity index (χ0) is 13.4. The monoisotopic (exact) mass is 256 g/mol. The third-order valence-electron chi connectivity index (χ3n) is 2.72. The highest BCUT2D eigenvalue weighted by Gasteiger charge is 2.14. The number of anilines is 1. The van der Waals surface area contributed by atoms with Gasteiger partial charge in [-0.15, -0.1) is 5.10 Å². The van der Waals surface area contributed by atoms with Gasteiger partial charge in [-0.25, -0.2) is 0 Å². The summed E-state index contributed by atoms with van der Waals surface area (Å²) in [5.41, 5.74) is 1.80. The molecule has 6 heteroatoms. The summed E-state index contributed by atoms with van der Waals surface area (Å²) >= 11 is 0. The van der Waals surface area contributed by atoms with E-state index in [-0.39, 0.29) is 17.6 Å². The van der Waals surface area contributed by atoms with E-state index in [2.05, 4.69) is 20.5 Å². The highest BCUT2D eigenvalue weighted by Crippen LogP contribution is 2.21. The van der Waals surface area contributed by atoms with Crippen molar-refractivity contribution in [3.63, 3.8) is 0 Å². The van der Waals surface area contributed by atoms with E-state index in [1.54, 1.807) is 13.0 Å². The van der Waals surface area contributed by atoms with Gasteiger partial charge in [0.25, 0.3) is 5.91 Å². The van der Waals surface area contributed by atoms with Gasteiger partial charge in [-0.1, -0.05) is 11.6 Å². The number of rotatable bonds is 2. The lowest BCUT2D eigenvalue weighted by Gasteiger charge is -1.95. The molecule has 0 unspecified atom stereocenters. The summed E-state index contributed by atoms with van der Waals surface area (Å²) in [4.78, 5) is 16.0. The molecule has 0 radical (unpaired) electrons. The topological polar surface area (TPSA) is 83.8 Å². The lowest BCUT2D eigenvalue weighted by Crippen LogP contribution is -2.11. The standard InChI is InChI=1S/C13H12N4O2/c1-7-3-4-10-9(5-7)6-11(19-10)12(18)15-13-14-8(2)16-17-13/h3-6H,1-2H3,(H2,14,15,16,17,18). The van der Waals surface area contributed by atoms with Gasteiger partial charge in [0.2, 0.25) is 5.95 Å². The Morgan fingerprint density at radius 1 is 1.32 bits per heavy atom. The second-order valence-corrected chi connectivity index (χ2v) is 4.35. The number of benzene rings is 1. The fraction of sp³-hybridized carbons (Fsp3) is 0.154. The van der Waals surface area contributed by atoms with Gasteiger partial charge in [0.1, 0.15) is 11.4 Å². The SMILES string of the molecule is Cc1ccc2oc(C(=O)Nc3n[nH]c(C)n3)cc2c1. The number of nitrogens with zero attached hydrogens (tertiary/aromatic N) is 2. The van der Waals surface area contributed by atoms with Crippen LogP contribution >= 0.6 is 0 Å². The molecular formula is C13H12N4O2. The fourth-order valence-corrected chi connectivity index (χ4v) is 1.84. The van der Waals surface area contributed by atoms with Crippen LogP contribution in [0.1, 0.15) is 21.9 Å². The van der Waals surface area contributed by atoms with Crippen LogP contribution in [0.15, 0.2) is 28.7 Å². The van der Waals surface area contributed by atoms with E-state index in [1.165, 1.54) is 0 Å². The average Bonchev–Trinajstić information content (AvgIpc) is 2.95. The van der Waals surface area contributed by atoms with Gasteiger partial charge in [-0.3, -0.25) is 15.2 Å². The van der Waals surface area contributed by atoms with Crippen LogP contribution in [0.3, 0.4) is 0 Å². The largest absolute Gasteiger partial charge is 0.451 e. The van der Waals surface area contributed by atoms with Crippen LogP contribution in [0.5, 0.6) is 0 Å². The van der Waals surface area contributed by atoms with E-state index in [4.69, 9.17) is 4.42 Å². The normalized spacial score (nSPS) is 10.8. The van der Waals surface area contributed by atoms with E-state index in [0.717, 1.165) is 10.9 Å². The number of carbonyl (C=O) groups excluding carboxylic acids is 1. The van der Waals surface area contributed by atoms with Gasteiger partial charge in [0, 0.05) is 5.39 Å². The molecule has 0 aliphatic rings. The lowest BCUT2D eigenvalue weighted by atomic mass is 10.2. The first-order valence-electron chi connectivity index (χ1n) is 5.82. The Morgan fingerprint density at radius 2 is 2.16 bits per heavy atom. The summed E-state index contributed by atoms with van der Waals surface area (Å²) in [6, 6.07) is 7.45. The number of aryl methyl sites for hydroxylation is 2. The number of H-pyrrole nitrogens is 1. The quantitative estimate of drug-likeness (QED) is 0.737. The summed E-state index contributed by atoms with van der Waals surface area (Å²) in [7, 11) is 0. The molecule has 1 amide bonds. The van der Waals surface area contributed by atoms with E-state index in [1.807, 2.05) is 25.1 Å². The highest BCUT2D eigenvalue weighted by atomic mass is 16.3. The Kier molecular flexibility index (Phi) is 2.56. The molecule has 3 rings (SSSR count). The molecule has 0 bridgehead atoms. The second kappa shape index (κ2) is 4.24. The van der Waals surface area contributed by atoms with Crippen molar-refractivity contribution in [2.45, 2.75) is 13.8 Å². The molecule has 0 saturated carbocycles. The van der Waals surface area contributed by atoms with Gasteiger partial charge in [-0.2, -0.15) is 4.98 Å². The Bertz CT molecular complexity index is 757. The Morgan fingerprint density at radius 3 is 2.89 bits per heavy atom. The van der Waals surface area contributed by atoms with E-state index in [9.17, 15) is 4.79 Å². The molecule has 0 fully saturated rings. The van der Waals surface area contributed by atoms with E-state index < -0.39 is 0 Å². The zero-order valence-corrected chi connectivity index (χ0v) is 10.5. The average molecular weight is 256 g/mol. The predicted molar refractivity (Wildman–Crippen MR) is 70.0 cm³/mol. The van der Waals surface area contributed by atoms with Crippen LogP contribution in [0.4, 0.5) is 5.95 Å². The summed E-state index contributed by atoms with van der Waals surface area (Å²) < 4.78 is 5.49. The summed E-state index contributed by atoms with van der Waals surface area (Å²) in [6.45, 7) is 3.75. The van der Waals surface area contributed by atoms with Crippen molar-refractivity contribution in [2.75, 3.05) is 5.32 Å². The summed E-state index contributed by atoms with van der Waals surface area (Å²) in [5, 5.41) is 9.96. The van der Waals surface area contributed by atoms with Crippen molar-refractivity contribution in [3.05, 3.63) is 41.4 Å². The van der Waals surface area contributed by atoms with Crippen LogP contribution in [-0.4, -0.2) is 21.1 Å². The molecule has 6 nitrogen and oxygen atoms in total. The number of amides is 1. The number of hydrogen-bond acceptors (Lipinski definition) is 4. The van der Waals surface area contributed by atoms with Crippen molar-refractivity contribution >= 4 is 22.8 Å². The summed E-state index contributed by atoms with van der Waals surface area (Å²) in [6.07, 6.45) is 0. The van der Waals surface area contributed by atoms with Crippen LogP contribution in [0, 0.1) is 13.8 Å². The lowest BCUT2D eigenvalue weighted by molar-refractivity contribution is 0.0998. The molecule has 0 spiro atoms. The molecule has 0 saturated heterocycles. The fourth-order valence-electron chi connectivity index (χ4n) is 1.84. The van der Waals surface area contributed by atoms with Gasteiger partial charge in [-0.05, 0) is 32.0 Å². The molecular weight excluding hydrogens is 244 g/mol. The minimum absolute atomic E-state index is 0.235. The van der Waals surface area contributed by atoms with Crippen molar-refractivity contribution in [2.24, 2.45) is 0 Å². The van der Waals surface area contributed by atoms with Crippen LogP contribution < -0.4 is 5.32 Å². The molecule has 2 N–H and O–H groups in total. The van der Waals surface area contributed by atoms with Gasteiger partial charge < -0.3 is 4.42 Å². The predicted octanol–water partition coefficient (Wildman–Crippen LogP) is 2.42. The second-order valence-electron chi connectivity index (χ2n) is 4.35. The summed E-state index contributed by atoms with van der Waals surface area (Å²) in [5.74, 6) is 0.741. The van der Waals surface area contributed by atoms with Crippen molar-refractivity contribution in [3.8, 4) is 0 Å². The highest BCUT2D eigenvalue weighted by molar-refractivity contribution is 6.03. The first-order chi connectivity index (χ1) is 9.11. The number of furan rings is 1. The molecule has 0 atom stereocenters. The molecule has 19 heavy (non-hydrogen) atoms. The molecule has 1 aromatic carbocycles. The number of aromatic nitrogens is 3. The van der Waals surface area contributed by atoms with Crippen LogP contribution in [0.2, 0.25) is 0 Å². The first-order valence-corrected chi connectivity index (χ1v) is 5.82. The van der Waals surface area contributed by atoms with Crippen molar-refractivity contribution in [1.29, 1.82) is 0 Å². The maximum atomic E-state index is 12.0. The minimum atomic E-state index is -0.368. The van der Waals surface area contributed by atoms with E-state index in [0.29, 0.717) is 11.4 Å². The molecule has 3 aromatic rings. The zero-order valence-electron chi connectivity index (χ0n) is 10.5. The third kappa shape index (κ3) is 2.20. The molecule has 96 valence electrons. The first kappa shape index (κ1) is 11.5.